The van der Waals surface area contributed by atoms with Crippen LogP contribution in [0.3, 0.4) is 0 Å². The van der Waals surface area contributed by atoms with Crippen molar-refractivity contribution in [3.8, 4) is 5.75 Å². The van der Waals surface area contributed by atoms with Crippen LogP contribution in [0.2, 0.25) is 0 Å². The van der Waals surface area contributed by atoms with Gasteiger partial charge in [-0.1, -0.05) is 0 Å². The van der Waals surface area contributed by atoms with Crippen LogP contribution in [0, 0.1) is 0 Å². The van der Waals surface area contributed by atoms with Crippen molar-refractivity contribution in [2.24, 2.45) is 7.05 Å². The van der Waals surface area contributed by atoms with Crippen LogP contribution in [0.25, 0.3) is 0 Å². The quantitative estimate of drug-likeness (QED) is 0.848. The molecular formula is C12H16N4O. The number of ether oxygens (including phenoxy) is 1. The summed E-state index contributed by atoms with van der Waals surface area (Å²) in [5.41, 5.74) is 0. The van der Waals surface area contributed by atoms with Crippen LogP contribution in [-0.2, 0) is 13.5 Å². The highest BCUT2D eigenvalue weighted by Gasteiger charge is 2.03. The summed E-state index contributed by atoms with van der Waals surface area (Å²) >= 11 is 0. The van der Waals surface area contributed by atoms with Gasteiger partial charge in [0.1, 0.15) is 5.82 Å². The molecule has 5 nitrogen and oxygen atoms in total. The summed E-state index contributed by atoms with van der Waals surface area (Å²) in [6, 6.07) is 3.73. The molecule has 90 valence electrons. The van der Waals surface area contributed by atoms with Gasteiger partial charge in [0, 0.05) is 38.6 Å². The Bertz CT molecular complexity index is 481. The van der Waals surface area contributed by atoms with Gasteiger partial charge in [-0.15, -0.1) is 0 Å². The van der Waals surface area contributed by atoms with E-state index in [4.69, 9.17) is 4.74 Å². The van der Waals surface area contributed by atoms with E-state index >= 15 is 0 Å². The number of nitrogens with zero attached hydrogens (tertiary/aromatic N) is 3. The molecule has 17 heavy (non-hydrogen) atoms. The fourth-order valence-electron chi connectivity index (χ4n) is 1.62. The fourth-order valence-corrected chi connectivity index (χ4v) is 1.62. The molecule has 0 amide bonds. The molecule has 0 aromatic carbocycles. The number of aryl methyl sites for hydroxylation is 1. The number of aromatic nitrogens is 3. The SMILES string of the molecule is COc1cccnc1NCCc1nccn1C. The second-order valence-corrected chi connectivity index (χ2v) is 3.69. The second kappa shape index (κ2) is 5.34. The Morgan fingerprint density at radius 1 is 1.35 bits per heavy atom. The third kappa shape index (κ3) is 2.75. The van der Waals surface area contributed by atoms with E-state index in [0.717, 1.165) is 30.4 Å². The number of methoxy groups -OCH3 is 1. The zero-order valence-corrected chi connectivity index (χ0v) is 10.1. The first kappa shape index (κ1) is 11.4. The predicted octanol–water partition coefficient (Wildman–Crippen LogP) is 1.48. The van der Waals surface area contributed by atoms with Gasteiger partial charge in [-0.2, -0.15) is 0 Å². The number of anilines is 1. The molecule has 5 heteroatoms. The second-order valence-electron chi connectivity index (χ2n) is 3.69. The smallest absolute Gasteiger partial charge is 0.168 e. The molecule has 0 aliphatic rings. The van der Waals surface area contributed by atoms with Crippen molar-refractivity contribution in [1.82, 2.24) is 14.5 Å². The molecule has 0 bridgehead atoms. The number of imidazole rings is 1. The number of hydrogen-bond acceptors (Lipinski definition) is 4. The summed E-state index contributed by atoms with van der Waals surface area (Å²) in [6.07, 6.45) is 6.34. The first-order valence-electron chi connectivity index (χ1n) is 5.50. The molecule has 2 aromatic heterocycles. The molecule has 2 heterocycles. The van der Waals surface area contributed by atoms with Crippen molar-refractivity contribution in [2.75, 3.05) is 19.0 Å². The maximum atomic E-state index is 5.21. The van der Waals surface area contributed by atoms with Crippen molar-refractivity contribution < 1.29 is 4.74 Å². The minimum absolute atomic E-state index is 0.757. The highest BCUT2D eigenvalue weighted by atomic mass is 16.5. The van der Waals surface area contributed by atoms with Gasteiger partial charge in [-0.3, -0.25) is 0 Å². The van der Waals surface area contributed by atoms with Crippen LogP contribution in [0.15, 0.2) is 30.7 Å². The fraction of sp³-hybridized carbons (Fsp3) is 0.333. The number of hydrogen-bond donors (Lipinski definition) is 1. The third-order valence-electron chi connectivity index (χ3n) is 2.55. The van der Waals surface area contributed by atoms with E-state index < -0.39 is 0 Å². The average Bonchev–Trinajstić information content (AvgIpc) is 2.76. The highest BCUT2D eigenvalue weighted by molar-refractivity contribution is 5.49. The first-order valence-corrected chi connectivity index (χ1v) is 5.50. The van der Waals surface area contributed by atoms with E-state index in [9.17, 15) is 0 Å². The molecule has 0 aliphatic heterocycles. The normalized spacial score (nSPS) is 10.2. The first-order chi connectivity index (χ1) is 8.31. The summed E-state index contributed by atoms with van der Waals surface area (Å²) in [6.45, 7) is 0.776. The molecule has 0 atom stereocenters. The Kier molecular flexibility index (Phi) is 3.59. The Balaban J connectivity index is 1.92. The maximum absolute atomic E-state index is 5.21. The number of nitrogens with one attached hydrogen (secondary N) is 1. The van der Waals surface area contributed by atoms with Crippen molar-refractivity contribution >= 4 is 5.82 Å². The van der Waals surface area contributed by atoms with Crippen molar-refractivity contribution in [1.29, 1.82) is 0 Å². The number of pyridine rings is 1. The van der Waals surface area contributed by atoms with E-state index in [-0.39, 0.29) is 0 Å². The van der Waals surface area contributed by atoms with E-state index in [1.165, 1.54) is 0 Å². The van der Waals surface area contributed by atoms with Gasteiger partial charge in [0.15, 0.2) is 11.6 Å². The van der Waals surface area contributed by atoms with E-state index in [1.807, 2.05) is 29.9 Å². The van der Waals surface area contributed by atoms with Gasteiger partial charge in [0.05, 0.1) is 7.11 Å². The van der Waals surface area contributed by atoms with Gasteiger partial charge in [0.25, 0.3) is 0 Å². The molecule has 2 aromatic rings. The van der Waals surface area contributed by atoms with Crippen molar-refractivity contribution in [3.05, 3.63) is 36.5 Å². The van der Waals surface area contributed by atoms with Gasteiger partial charge in [-0.25, -0.2) is 9.97 Å². The molecule has 0 fully saturated rings. The zero-order valence-electron chi connectivity index (χ0n) is 10.1. The molecule has 0 unspecified atom stereocenters. The van der Waals surface area contributed by atoms with Crippen molar-refractivity contribution in [2.45, 2.75) is 6.42 Å². The maximum Gasteiger partial charge on any atom is 0.168 e. The lowest BCUT2D eigenvalue weighted by atomic mass is 10.3. The Morgan fingerprint density at radius 3 is 2.94 bits per heavy atom. The lowest BCUT2D eigenvalue weighted by molar-refractivity contribution is 0.415. The van der Waals surface area contributed by atoms with E-state index in [1.54, 1.807) is 19.5 Å². The number of rotatable bonds is 5. The summed E-state index contributed by atoms with van der Waals surface area (Å²) in [4.78, 5) is 8.49. The van der Waals surface area contributed by atoms with Crippen LogP contribution in [0.4, 0.5) is 5.82 Å². The summed E-state index contributed by atoms with van der Waals surface area (Å²) in [7, 11) is 3.63. The molecule has 1 N–H and O–H groups in total. The summed E-state index contributed by atoms with van der Waals surface area (Å²) < 4.78 is 7.22. The average molecular weight is 232 g/mol. The zero-order chi connectivity index (χ0) is 12.1. The lowest BCUT2D eigenvalue weighted by Crippen LogP contribution is -2.10. The molecule has 0 radical (unpaired) electrons. The summed E-state index contributed by atoms with van der Waals surface area (Å²) in [5.74, 6) is 2.57. The lowest BCUT2D eigenvalue weighted by Gasteiger charge is -2.09. The third-order valence-corrected chi connectivity index (χ3v) is 2.55. The highest BCUT2D eigenvalue weighted by Crippen LogP contribution is 2.19. The largest absolute Gasteiger partial charge is 0.493 e. The van der Waals surface area contributed by atoms with E-state index in [2.05, 4.69) is 15.3 Å². The van der Waals surface area contributed by atoms with Crippen LogP contribution >= 0.6 is 0 Å². The molecule has 0 aliphatic carbocycles. The topological polar surface area (TPSA) is 52.0 Å². The minimum atomic E-state index is 0.757. The van der Waals surface area contributed by atoms with Crippen molar-refractivity contribution in [3.63, 3.8) is 0 Å². The van der Waals surface area contributed by atoms with Crippen LogP contribution in [0.5, 0.6) is 5.75 Å². The van der Waals surface area contributed by atoms with Gasteiger partial charge >= 0.3 is 0 Å². The molecule has 0 spiro atoms. The minimum Gasteiger partial charge on any atom is -0.493 e. The van der Waals surface area contributed by atoms with E-state index in [0.29, 0.717) is 0 Å². The van der Waals surface area contributed by atoms with Gasteiger partial charge < -0.3 is 14.6 Å². The van der Waals surface area contributed by atoms with Crippen LogP contribution in [0.1, 0.15) is 5.82 Å². The Labute approximate surface area is 100 Å². The Morgan fingerprint density at radius 2 is 2.24 bits per heavy atom. The standard InChI is InChI=1S/C12H16N4O/c1-16-9-8-13-11(16)5-7-15-12-10(17-2)4-3-6-14-12/h3-4,6,8-9H,5,7H2,1-2H3,(H,14,15). The van der Waals surface area contributed by atoms with Crippen LogP contribution in [-0.4, -0.2) is 28.2 Å². The molecular weight excluding hydrogens is 216 g/mol. The van der Waals surface area contributed by atoms with Crippen LogP contribution < -0.4 is 10.1 Å². The molecule has 0 saturated carbocycles. The summed E-state index contributed by atoms with van der Waals surface area (Å²) in [5, 5.41) is 3.24. The molecule has 2 rings (SSSR count). The molecule has 0 saturated heterocycles. The Hall–Kier alpha value is -2.04. The van der Waals surface area contributed by atoms with Gasteiger partial charge in [0.2, 0.25) is 0 Å². The monoisotopic (exact) mass is 232 g/mol. The predicted molar refractivity (Wildman–Crippen MR) is 66.2 cm³/mol. The van der Waals surface area contributed by atoms with Gasteiger partial charge in [-0.05, 0) is 12.1 Å².